The molecule has 0 aliphatic carbocycles. The predicted octanol–water partition coefficient (Wildman–Crippen LogP) is 0.529. The van der Waals surface area contributed by atoms with E-state index in [2.05, 4.69) is 9.98 Å². The van der Waals surface area contributed by atoms with Crippen molar-refractivity contribution in [1.29, 1.82) is 0 Å². The Hall–Kier alpha value is -4.19. The van der Waals surface area contributed by atoms with Crippen LogP contribution in [-0.4, -0.2) is 122 Å². The minimum absolute atomic E-state index is 0.118. The van der Waals surface area contributed by atoms with Crippen LogP contribution < -0.4 is 15.1 Å². The maximum absolute atomic E-state index is 13.3. The van der Waals surface area contributed by atoms with Crippen LogP contribution in [-0.2, 0) is 16.2 Å². The van der Waals surface area contributed by atoms with Gasteiger partial charge in [0.05, 0.1) is 42.5 Å². The molecule has 7 unspecified atom stereocenters. The van der Waals surface area contributed by atoms with E-state index in [1.807, 2.05) is 24.1 Å². The topological polar surface area (TPSA) is 210 Å². The van der Waals surface area contributed by atoms with Gasteiger partial charge in [0, 0.05) is 55.0 Å². The fraction of sp³-hybridized carbons (Fsp3) is 0.472. The van der Waals surface area contributed by atoms with Gasteiger partial charge in [-0.25, -0.2) is 9.78 Å². The summed E-state index contributed by atoms with van der Waals surface area (Å²) in [4.78, 5) is 37.1. The Labute approximate surface area is 292 Å². The third-order valence-electron chi connectivity index (χ3n) is 10.2. The number of benzene rings is 1. The van der Waals surface area contributed by atoms with E-state index < -0.39 is 48.8 Å². The number of aliphatic hydroxyl groups is 6. The highest BCUT2D eigenvalue weighted by Gasteiger charge is 2.50. The van der Waals surface area contributed by atoms with Crippen LogP contribution in [0.4, 0.5) is 5.69 Å². The second kappa shape index (κ2) is 13.7. The maximum atomic E-state index is 13.3. The molecule has 0 spiro atoms. The molecule has 2 aromatic rings. The Balaban J connectivity index is 1.16. The predicted molar refractivity (Wildman–Crippen MR) is 185 cm³/mol. The molecule has 0 saturated carbocycles. The molecule has 6 heterocycles. The standard InChI is InChI=1S/C36H42N4O11/c1-20-12-27(43)23-13-22-14-30(35(2,7-3-11-41)50-32(22)31(33(23)49-20)40-15-21-4-8-38-25(21)16-40)51-48-18-29(45)36(47,34(46)28(44)17-42)19-39-10-6-24-26(39)5-9-37-24/h4-6,8-10,12-13,15,26,28-30,34,41-42,44-47H,3,7,11,14,16-19H2,1-2H3. The van der Waals surface area contributed by atoms with Crippen LogP contribution in [0.1, 0.15) is 31.1 Å². The molecule has 15 nitrogen and oxygen atoms in total. The first-order valence-electron chi connectivity index (χ1n) is 16.9. The summed E-state index contributed by atoms with van der Waals surface area (Å²) < 4.78 is 12.9. The van der Waals surface area contributed by atoms with Gasteiger partial charge in [-0.3, -0.25) is 14.8 Å². The highest BCUT2D eigenvalue weighted by molar-refractivity contribution is 6.12. The van der Waals surface area contributed by atoms with Crippen molar-refractivity contribution in [3.8, 4) is 5.75 Å². The van der Waals surface area contributed by atoms with Crippen LogP contribution in [0.3, 0.4) is 0 Å². The molecular weight excluding hydrogens is 664 g/mol. The zero-order valence-corrected chi connectivity index (χ0v) is 28.3. The summed E-state index contributed by atoms with van der Waals surface area (Å²) in [7, 11) is 0. The Morgan fingerprint density at radius 1 is 1.16 bits per heavy atom. The highest BCUT2D eigenvalue weighted by Crippen LogP contribution is 2.48. The van der Waals surface area contributed by atoms with Crippen molar-refractivity contribution >= 4 is 28.1 Å². The second-order valence-electron chi connectivity index (χ2n) is 13.8. The number of aliphatic imine (C=N–C) groups is 2. The van der Waals surface area contributed by atoms with Crippen molar-refractivity contribution < 1.29 is 49.6 Å². The number of nitrogens with zero attached hydrogens (tertiary/aromatic N) is 4. The van der Waals surface area contributed by atoms with Gasteiger partial charge in [0.15, 0.2) is 16.8 Å². The van der Waals surface area contributed by atoms with Crippen LogP contribution in [0.15, 0.2) is 79.9 Å². The smallest absolute Gasteiger partial charge is 0.193 e. The van der Waals surface area contributed by atoms with Crippen LogP contribution in [0.25, 0.3) is 11.0 Å². The van der Waals surface area contributed by atoms with E-state index in [0.29, 0.717) is 58.8 Å². The number of anilines is 1. The van der Waals surface area contributed by atoms with Gasteiger partial charge in [-0.15, -0.1) is 0 Å². The van der Waals surface area contributed by atoms with Crippen molar-refractivity contribution in [1.82, 2.24) is 4.90 Å². The molecule has 7 atom stereocenters. The normalized spacial score (nSPS) is 26.0. The number of β-amino-alcohol motifs (C(OH)–C–C–N with tert-alkyl or cyclic N) is 1. The first kappa shape index (κ1) is 35.2. The number of aliphatic hydroxyl groups excluding tert-OH is 5. The molecular formula is C36H42N4O11. The Kier molecular flexibility index (Phi) is 9.49. The third kappa shape index (κ3) is 6.33. The number of aryl methyl sites for hydroxylation is 1. The number of ether oxygens (including phenoxy) is 1. The molecule has 1 aromatic carbocycles. The quantitative estimate of drug-likeness (QED) is 0.117. The molecule has 6 N–H and O–H groups in total. The van der Waals surface area contributed by atoms with Crippen molar-refractivity contribution in [2.45, 2.75) is 74.8 Å². The minimum Gasteiger partial charge on any atom is -0.482 e. The van der Waals surface area contributed by atoms with Crippen LogP contribution in [0.5, 0.6) is 5.75 Å². The summed E-state index contributed by atoms with van der Waals surface area (Å²) >= 11 is 0. The average molecular weight is 707 g/mol. The Morgan fingerprint density at radius 3 is 2.75 bits per heavy atom. The molecule has 5 aliphatic rings. The zero-order chi connectivity index (χ0) is 36.1. The summed E-state index contributed by atoms with van der Waals surface area (Å²) in [6, 6.07) is 2.80. The summed E-state index contributed by atoms with van der Waals surface area (Å²) in [5, 5.41) is 63.9. The number of fused-ring (bicyclic) bond motifs is 4. The Bertz CT molecular complexity index is 1940. The molecule has 0 radical (unpaired) electrons. The lowest BCUT2D eigenvalue weighted by atomic mass is 9.85. The lowest BCUT2D eigenvalue weighted by molar-refractivity contribution is -0.365. The van der Waals surface area contributed by atoms with Gasteiger partial charge in [0.25, 0.3) is 0 Å². The monoisotopic (exact) mass is 706 g/mol. The molecule has 7 rings (SSSR count). The average Bonchev–Trinajstić information content (AvgIpc) is 3.90. The largest absolute Gasteiger partial charge is 0.482 e. The summed E-state index contributed by atoms with van der Waals surface area (Å²) in [6.07, 6.45) is 6.84. The highest BCUT2D eigenvalue weighted by atomic mass is 17.2. The molecule has 0 bridgehead atoms. The van der Waals surface area contributed by atoms with Gasteiger partial charge >= 0.3 is 0 Å². The summed E-state index contributed by atoms with van der Waals surface area (Å²) in [6.45, 7) is 1.98. The van der Waals surface area contributed by atoms with Crippen LogP contribution in [0, 0.1) is 6.92 Å². The van der Waals surface area contributed by atoms with Crippen molar-refractivity contribution in [2.24, 2.45) is 9.98 Å². The Morgan fingerprint density at radius 2 is 1.98 bits per heavy atom. The molecule has 272 valence electrons. The van der Waals surface area contributed by atoms with Crippen LogP contribution >= 0.6 is 0 Å². The molecule has 0 amide bonds. The van der Waals surface area contributed by atoms with E-state index >= 15 is 0 Å². The van der Waals surface area contributed by atoms with E-state index in [0.717, 1.165) is 11.3 Å². The summed E-state index contributed by atoms with van der Waals surface area (Å²) in [5.41, 5.74) is 0.372. The number of allylic oxidation sites excluding steroid dienone is 1. The number of hydrogen-bond donors (Lipinski definition) is 6. The van der Waals surface area contributed by atoms with Crippen molar-refractivity contribution in [3.63, 3.8) is 0 Å². The van der Waals surface area contributed by atoms with Gasteiger partial charge in [0.1, 0.15) is 53.7 Å². The molecule has 0 fully saturated rings. The SMILES string of the molecule is Cc1cc(=O)c2cc3c(c(N4C=C5C=CN=C5C4)c2o1)OC(C)(CCCO)C(OOCC(O)C(O)(CN1C=CC2=NC=CC21)C(O)C(O)CO)C3. The molecule has 5 aliphatic heterocycles. The van der Waals surface area contributed by atoms with Gasteiger partial charge < -0.3 is 49.6 Å². The van der Waals surface area contributed by atoms with Gasteiger partial charge in [-0.05, 0) is 51.0 Å². The fourth-order valence-corrected chi connectivity index (χ4v) is 7.27. The lowest BCUT2D eigenvalue weighted by Gasteiger charge is -2.43. The summed E-state index contributed by atoms with van der Waals surface area (Å²) in [5.74, 6) is 0.923. The van der Waals surface area contributed by atoms with Gasteiger partial charge in [-0.1, -0.05) is 0 Å². The van der Waals surface area contributed by atoms with Gasteiger partial charge in [0.2, 0.25) is 0 Å². The van der Waals surface area contributed by atoms with E-state index in [1.54, 1.807) is 48.6 Å². The molecule has 15 heteroatoms. The van der Waals surface area contributed by atoms with Crippen molar-refractivity contribution in [3.05, 3.63) is 82.3 Å². The van der Waals surface area contributed by atoms with Crippen molar-refractivity contribution in [2.75, 3.05) is 37.8 Å². The first-order valence-corrected chi connectivity index (χ1v) is 16.9. The fourth-order valence-electron chi connectivity index (χ4n) is 7.27. The van der Waals surface area contributed by atoms with Crippen LogP contribution in [0.2, 0.25) is 0 Å². The maximum Gasteiger partial charge on any atom is 0.193 e. The first-order chi connectivity index (χ1) is 24.5. The van der Waals surface area contributed by atoms with E-state index in [4.69, 9.17) is 18.9 Å². The molecule has 51 heavy (non-hydrogen) atoms. The van der Waals surface area contributed by atoms with E-state index in [9.17, 15) is 35.4 Å². The number of rotatable bonds is 14. The lowest BCUT2D eigenvalue weighted by Crippen LogP contribution is -2.64. The van der Waals surface area contributed by atoms with Gasteiger partial charge in [-0.2, -0.15) is 0 Å². The zero-order valence-electron chi connectivity index (χ0n) is 28.3. The van der Waals surface area contributed by atoms with E-state index in [1.165, 1.54) is 6.07 Å². The number of hydrogen-bond acceptors (Lipinski definition) is 15. The molecule has 1 aromatic heterocycles. The minimum atomic E-state index is -2.39. The third-order valence-corrected chi connectivity index (χ3v) is 10.2. The second-order valence-corrected chi connectivity index (χ2v) is 13.8. The van der Waals surface area contributed by atoms with E-state index in [-0.39, 0.29) is 31.0 Å². The molecule has 0 saturated heterocycles.